The Hall–Kier alpha value is -2.16. The molecule has 3 heteroatoms. The Morgan fingerprint density at radius 1 is 1.17 bits per heavy atom. The number of hydrogen-bond donors (Lipinski definition) is 0. The molecule has 0 aliphatic carbocycles. The van der Waals surface area contributed by atoms with Crippen molar-refractivity contribution in [1.82, 2.24) is 0 Å². The predicted octanol–water partition coefficient (Wildman–Crippen LogP) is 4.83. The average molecular weight is 314 g/mol. The van der Waals surface area contributed by atoms with Crippen molar-refractivity contribution in [2.45, 2.75) is 46.1 Å². The van der Waals surface area contributed by atoms with Gasteiger partial charge in [-0.05, 0) is 45.1 Å². The van der Waals surface area contributed by atoms with Crippen LogP contribution in [0.5, 0.6) is 0 Å². The Labute approximate surface area is 139 Å². The van der Waals surface area contributed by atoms with E-state index in [0.29, 0.717) is 11.5 Å². The van der Waals surface area contributed by atoms with Gasteiger partial charge in [-0.3, -0.25) is 4.79 Å². The summed E-state index contributed by atoms with van der Waals surface area (Å²) in [5.41, 5.74) is 1.31. The number of allylic oxidation sites excluding steroid dienone is 2. The molecule has 0 aromatic heterocycles. The van der Waals surface area contributed by atoms with Crippen LogP contribution in [0.2, 0.25) is 0 Å². The molecular formula is C20H26O3. The van der Waals surface area contributed by atoms with E-state index in [1.165, 1.54) is 6.08 Å². The van der Waals surface area contributed by atoms with Crippen molar-refractivity contribution in [1.29, 1.82) is 0 Å². The molecule has 0 amide bonds. The molecule has 1 aromatic carbocycles. The highest BCUT2D eigenvalue weighted by atomic mass is 16.6. The fraction of sp³-hybridized carbons (Fsp3) is 0.400. The van der Waals surface area contributed by atoms with Crippen molar-refractivity contribution < 1.29 is 14.3 Å². The summed E-state index contributed by atoms with van der Waals surface area (Å²) in [5, 5.41) is 0. The van der Waals surface area contributed by atoms with Crippen molar-refractivity contribution in [2.75, 3.05) is 0 Å². The van der Waals surface area contributed by atoms with Crippen molar-refractivity contribution in [3.63, 3.8) is 0 Å². The summed E-state index contributed by atoms with van der Waals surface area (Å²) < 4.78 is 5.20. The van der Waals surface area contributed by atoms with Crippen LogP contribution in [-0.4, -0.2) is 17.9 Å². The minimum absolute atomic E-state index is 0.295. The molecule has 0 radical (unpaired) electrons. The van der Waals surface area contributed by atoms with E-state index in [9.17, 15) is 9.59 Å². The molecule has 1 rings (SSSR count). The van der Waals surface area contributed by atoms with E-state index in [0.717, 1.165) is 24.7 Å². The molecule has 0 aliphatic rings. The number of aldehydes is 1. The molecule has 0 heterocycles. The zero-order valence-electron chi connectivity index (χ0n) is 14.4. The van der Waals surface area contributed by atoms with Gasteiger partial charge in [0.05, 0.1) is 0 Å². The van der Waals surface area contributed by atoms with Gasteiger partial charge >= 0.3 is 5.97 Å². The van der Waals surface area contributed by atoms with E-state index in [2.05, 4.69) is 19.1 Å². The summed E-state index contributed by atoms with van der Waals surface area (Å²) in [5.74, 6) is 0.111. The van der Waals surface area contributed by atoms with Crippen LogP contribution in [0.4, 0.5) is 0 Å². The molecule has 124 valence electrons. The highest BCUT2D eigenvalue weighted by Gasteiger charge is 2.13. The lowest BCUT2D eigenvalue weighted by Crippen LogP contribution is -2.22. The zero-order valence-corrected chi connectivity index (χ0v) is 14.4. The van der Waals surface area contributed by atoms with Crippen LogP contribution in [0.25, 0.3) is 6.08 Å². The van der Waals surface area contributed by atoms with E-state index in [1.54, 1.807) is 12.1 Å². The molecule has 23 heavy (non-hydrogen) atoms. The lowest BCUT2D eigenvalue weighted by molar-refractivity contribution is -0.148. The minimum Gasteiger partial charge on any atom is -0.457 e. The van der Waals surface area contributed by atoms with Gasteiger partial charge in [-0.2, -0.15) is 0 Å². The number of hydrogen-bond acceptors (Lipinski definition) is 3. The highest BCUT2D eigenvalue weighted by Crippen LogP contribution is 2.12. The van der Waals surface area contributed by atoms with Gasteiger partial charge in [0.25, 0.3) is 0 Å². The molecule has 1 atom stereocenters. The normalized spacial score (nSPS) is 13.4. The minimum atomic E-state index is -0.448. The summed E-state index contributed by atoms with van der Waals surface area (Å²) in [6, 6.07) is 7.46. The first kappa shape index (κ1) is 18.9. The predicted molar refractivity (Wildman–Crippen MR) is 94.2 cm³/mol. The van der Waals surface area contributed by atoms with Gasteiger partial charge in [0.15, 0.2) is 0 Å². The highest BCUT2D eigenvalue weighted by molar-refractivity contribution is 5.82. The molecule has 0 spiro atoms. The van der Waals surface area contributed by atoms with Gasteiger partial charge in [0.1, 0.15) is 11.9 Å². The van der Waals surface area contributed by atoms with E-state index < -0.39 is 5.60 Å². The molecule has 0 saturated heterocycles. The molecule has 0 aliphatic heterocycles. The van der Waals surface area contributed by atoms with Crippen LogP contribution in [0.3, 0.4) is 0 Å². The molecule has 1 aromatic rings. The second-order valence-corrected chi connectivity index (χ2v) is 6.63. The second kappa shape index (κ2) is 9.09. The molecule has 0 N–H and O–H groups in total. The third kappa shape index (κ3) is 8.77. The average Bonchev–Trinajstić information content (AvgIpc) is 2.48. The third-order valence-corrected chi connectivity index (χ3v) is 3.14. The van der Waals surface area contributed by atoms with Gasteiger partial charge in [0, 0.05) is 11.6 Å². The van der Waals surface area contributed by atoms with Crippen molar-refractivity contribution >= 4 is 18.3 Å². The van der Waals surface area contributed by atoms with Crippen molar-refractivity contribution in [2.24, 2.45) is 5.92 Å². The second-order valence-electron chi connectivity index (χ2n) is 6.63. The number of benzene rings is 1. The maximum absolute atomic E-state index is 11.5. The number of esters is 1. The van der Waals surface area contributed by atoms with Gasteiger partial charge < -0.3 is 4.74 Å². The Balaban J connectivity index is 2.36. The largest absolute Gasteiger partial charge is 0.457 e. The fourth-order valence-electron chi connectivity index (χ4n) is 1.93. The molecule has 1 unspecified atom stereocenters. The SMILES string of the molecule is CC(C=Cc1ccc(C=O)cc1)CCC=CC(=O)OC(C)(C)C. The Bertz CT molecular complexity index is 560. The van der Waals surface area contributed by atoms with Crippen LogP contribution in [-0.2, 0) is 9.53 Å². The number of ether oxygens (including phenoxy) is 1. The molecule has 0 bridgehead atoms. The number of rotatable bonds is 7. The molecule has 0 fully saturated rings. The van der Waals surface area contributed by atoms with Crippen molar-refractivity contribution in [3.05, 3.63) is 53.6 Å². The first-order valence-electron chi connectivity index (χ1n) is 7.93. The summed E-state index contributed by atoms with van der Waals surface area (Å²) >= 11 is 0. The maximum atomic E-state index is 11.5. The van der Waals surface area contributed by atoms with E-state index in [1.807, 2.05) is 39.0 Å². The van der Waals surface area contributed by atoms with Crippen LogP contribution in [0.15, 0.2) is 42.5 Å². The van der Waals surface area contributed by atoms with Crippen molar-refractivity contribution in [3.8, 4) is 0 Å². The number of carbonyl (C=O) groups is 2. The topological polar surface area (TPSA) is 43.4 Å². The molecule has 3 nitrogen and oxygen atoms in total. The summed E-state index contributed by atoms with van der Waals surface area (Å²) in [4.78, 5) is 22.1. The first-order valence-corrected chi connectivity index (χ1v) is 7.93. The summed E-state index contributed by atoms with van der Waals surface area (Å²) in [6.07, 6.45) is 10.2. The van der Waals surface area contributed by atoms with E-state index >= 15 is 0 Å². The Kier molecular flexibility index (Phi) is 7.46. The molecular weight excluding hydrogens is 288 g/mol. The van der Waals surface area contributed by atoms with Crippen LogP contribution < -0.4 is 0 Å². The maximum Gasteiger partial charge on any atom is 0.330 e. The molecule has 0 saturated carbocycles. The Morgan fingerprint density at radius 3 is 2.35 bits per heavy atom. The first-order chi connectivity index (χ1) is 10.8. The van der Waals surface area contributed by atoms with Crippen LogP contribution >= 0.6 is 0 Å². The monoisotopic (exact) mass is 314 g/mol. The quantitative estimate of drug-likeness (QED) is 0.411. The van der Waals surface area contributed by atoms with Gasteiger partial charge in [0.2, 0.25) is 0 Å². The van der Waals surface area contributed by atoms with Gasteiger partial charge in [-0.25, -0.2) is 4.79 Å². The van der Waals surface area contributed by atoms with Crippen LogP contribution in [0, 0.1) is 5.92 Å². The zero-order chi connectivity index (χ0) is 17.3. The van der Waals surface area contributed by atoms with Gasteiger partial charge in [-0.1, -0.05) is 49.4 Å². The summed E-state index contributed by atoms with van der Waals surface area (Å²) in [6.45, 7) is 7.70. The third-order valence-electron chi connectivity index (χ3n) is 3.14. The summed E-state index contributed by atoms with van der Waals surface area (Å²) in [7, 11) is 0. The standard InChI is InChI=1S/C20H26O3/c1-16(7-5-6-8-19(22)23-20(2,3)4)9-10-17-11-13-18(15-21)14-12-17/h6,8-16H,5,7H2,1-4H3. The lowest BCUT2D eigenvalue weighted by atomic mass is 10.0. The van der Waals surface area contributed by atoms with E-state index in [-0.39, 0.29) is 5.97 Å². The van der Waals surface area contributed by atoms with Gasteiger partial charge in [-0.15, -0.1) is 0 Å². The van der Waals surface area contributed by atoms with E-state index in [4.69, 9.17) is 4.74 Å². The number of carbonyl (C=O) groups excluding carboxylic acids is 2. The van der Waals surface area contributed by atoms with Crippen LogP contribution in [0.1, 0.15) is 56.5 Å². The smallest absolute Gasteiger partial charge is 0.330 e. The lowest BCUT2D eigenvalue weighted by Gasteiger charge is -2.17. The fourth-order valence-corrected chi connectivity index (χ4v) is 1.93. The Morgan fingerprint density at radius 2 is 1.78 bits per heavy atom.